The molecule has 6 heteroatoms. The van der Waals surface area contributed by atoms with E-state index in [2.05, 4.69) is 9.57 Å². The molecule has 1 aromatic carbocycles. The van der Waals surface area contributed by atoms with Gasteiger partial charge in [-0.2, -0.15) is 0 Å². The van der Waals surface area contributed by atoms with Gasteiger partial charge in [-0.3, -0.25) is 4.84 Å². The Hall–Kier alpha value is -2.08. The van der Waals surface area contributed by atoms with Gasteiger partial charge in [0.15, 0.2) is 0 Å². The highest BCUT2D eigenvalue weighted by atomic mass is 17.0. The van der Waals surface area contributed by atoms with Crippen LogP contribution in [0, 0.1) is 0 Å². The number of ether oxygens (including phenoxy) is 1. The van der Waals surface area contributed by atoms with Crippen LogP contribution in [0.4, 0.5) is 4.79 Å². The molecule has 0 aliphatic carbocycles. The number of benzene rings is 1. The van der Waals surface area contributed by atoms with Crippen molar-refractivity contribution in [1.29, 1.82) is 0 Å². The maximum atomic E-state index is 11.5. The van der Waals surface area contributed by atoms with Crippen LogP contribution in [0.3, 0.4) is 0 Å². The molecule has 0 fully saturated rings. The van der Waals surface area contributed by atoms with Gasteiger partial charge in [0.05, 0.1) is 19.2 Å². The Morgan fingerprint density at radius 3 is 2.41 bits per heavy atom. The average Bonchev–Trinajstić information content (AvgIpc) is 2.30. The van der Waals surface area contributed by atoms with Crippen molar-refractivity contribution in [3.05, 3.63) is 35.9 Å². The van der Waals surface area contributed by atoms with Gasteiger partial charge in [0.25, 0.3) is 0 Å². The van der Waals surface area contributed by atoms with Crippen molar-refractivity contribution in [2.24, 2.45) is 0 Å². The van der Waals surface area contributed by atoms with E-state index in [0.717, 1.165) is 0 Å². The van der Waals surface area contributed by atoms with Crippen molar-refractivity contribution >= 4 is 12.1 Å². The highest BCUT2D eigenvalue weighted by molar-refractivity contribution is 5.89. The second-order valence-electron chi connectivity index (χ2n) is 2.96. The Morgan fingerprint density at radius 1 is 1.18 bits per heavy atom. The van der Waals surface area contributed by atoms with Crippen molar-refractivity contribution in [2.45, 2.75) is 6.92 Å². The number of hydrogen-bond donors (Lipinski definition) is 0. The Labute approximate surface area is 98.6 Å². The third-order valence-electron chi connectivity index (χ3n) is 1.69. The van der Waals surface area contributed by atoms with E-state index in [1.807, 2.05) is 0 Å². The number of nitrogens with zero attached hydrogens (tertiary/aromatic N) is 1. The molecule has 0 saturated carbocycles. The lowest BCUT2D eigenvalue weighted by Gasteiger charge is -2.14. The Kier molecular flexibility index (Phi) is 4.96. The minimum absolute atomic E-state index is 0.180. The molecular formula is C11H13NO5. The Morgan fingerprint density at radius 2 is 1.82 bits per heavy atom. The summed E-state index contributed by atoms with van der Waals surface area (Å²) < 4.78 is 4.51. The van der Waals surface area contributed by atoms with Crippen LogP contribution in [0.15, 0.2) is 30.3 Å². The Balaban J connectivity index is 2.44. The van der Waals surface area contributed by atoms with Gasteiger partial charge in [0, 0.05) is 5.23 Å². The number of carbonyl (C=O) groups is 2. The quantitative estimate of drug-likeness (QED) is 0.589. The van der Waals surface area contributed by atoms with Gasteiger partial charge in [-0.25, -0.2) is 9.59 Å². The highest BCUT2D eigenvalue weighted by Gasteiger charge is 2.14. The van der Waals surface area contributed by atoms with Crippen molar-refractivity contribution < 1.29 is 24.0 Å². The SMILES string of the molecule is CCOC(=O)ON(C)OC(=O)c1ccccc1. The molecule has 92 valence electrons. The first-order valence-electron chi connectivity index (χ1n) is 4.99. The van der Waals surface area contributed by atoms with E-state index < -0.39 is 12.1 Å². The molecule has 0 unspecified atom stereocenters. The first-order valence-corrected chi connectivity index (χ1v) is 4.99. The average molecular weight is 239 g/mol. The summed E-state index contributed by atoms with van der Waals surface area (Å²) in [5.74, 6) is -0.627. The van der Waals surface area contributed by atoms with E-state index in [0.29, 0.717) is 10.8 Å². The van der Waals surface area contributed by atoms with E-state index in [-0.39, 0.29) is 6.61 Å². The fraction of sp³-hybridized carbons (Fsp3) is 0.273. The van der Waals surface area contributed by atoms with Gasteiger partial charge in [-0.1, -0.05) is 18.2 Å². The van der Waals surface area contributed by atoms with Crippen LogP contribution in [0.25, 0.3) is 0 Å². The molecule has 0 aliphatic rings. The summed E-state index contributed by atoms with van der Waals surface area (Å²) in [5, 5.41) is 0.646. The molecule has 0 heterocycles. The summed E-state index contributed by atoms with van der Waals surface area (Å²) >= 11 is 0. The molecule has 1 rings (SSSR count). The lowest BCUT2D eigenvalue weighted by molar-refractivity contribution is -0.289. The zero-order chi connectivity index (χ0) is 12.7. The van der Waals surface area contributed by atoms with E-state index >= 15 is 0 Å². The topological polar surface area (TPSA) is 65.1 Å². The van der Waals surface area contributed by atoms with E-state index in [9.17, 15) is 9.59 Å². The van der Waals surface area contributed by atoms with Gasteiger partial charge in [-0.15, -0.1) is 0 Å². The molecule has 0 aliphatic heterocycles. The summed E-state index contributed by atoms with van der Waals surface area (Å²) in [7, 11) is 1.28. The number of hydroxylamine groups is 2. The molecule has 0 atom stereocenters. The summed E-state index contributed by atoms with van der Waals surface area (Å²) in [6.07, 6.45) is -0.934. The van der Waals surface area contributed by atoms with Crippen LogP contribution in [0.2, 0.25) is 0 Å². The van der Waals surface area contributed by atoms with Crippen molar-refractivity contribution in [3.63, 3.8) is 0 Å². The smallest absolute Gasteiger partial charge is 0.433 e. The van der Waals surface area contributed by atoms with Crippen LogP contribution in [0.1, 0.15) is 17.3 Å². The van der Waals surface area contributed by atoms with Crippen LogP contribution in [-0.2, 0) is 14.4 Å². The zero-order valence-electron chi connectivity index (χ0n) is 9.58. The molecule has 6 nitrogen and oxygen atoms in total. The molecule has 0 amide bonds. The number of hydrogen-bond acceptors (Lipinski definition) is 6. The lowest BCUT2D eigenvalue weighted by Crippen LogP contribution is -2.27. The van der Waals surface area contributed by atoms with E-state index in [1.165, 1.54) is 7.05 Å². The minimum Gasteiger partial charge on any atom is -0.433 e. The summed E-state index contributed by atoms with van der Waals surface area (Å²) in [5.41, 5.74) is 0.354. The van der Waals surface area contributed by atoms with Crippen LogP contribution < -0.4 is 0 Å². The molecule has 17 heavy (non-hydrogen) atoms. The fourth-order valence-corrected chi connectivity index (χ4v) is 1.01. The van der Waals surface area contributed by atoms with Crippen LogP contribution in [0.5, 0.6) is 0 Å². The molecule has 0 spiro atoms. The first-order chi connectivity index (χ1) is 8.13. The monoisotopic (exact) mass is 239 g/mol. The van der Waals surface area contributed by atoms with Crippen LogP contribution in [-0.4, -0.2) is 31.0 Å². The predicted octanol–water partition coefficient (Wildman–Crippen LogP) is 1.78. The predicted molar refractivity (Wildman–Crippen MR) is 57.7 cm³/mol. The summed E-state index contributed by atoms with van der Waals surface area (Å²) in [4.78, 5) is 31.6. The minimum atomic E-state index is -0.934. The van der Waals surface area contributed by atoms with Gasteiger partial charge < -0.3 is 9.57 Å². The van der Waals surface area contributed by atoms with Crippen molar-refractivity contribution in [1.82, 2.24) is 5.23 Å². The standard InChI is InChI=1S/C11H13NO5/c1-3-15-11(14)17-12(2)16-10(13)9-7-5-4-6-8-9/h4-8H,3H2,1-2H3. The molecular weight excluding hydrogens is 226 g/mol. The van der Waals surface area contributed by atoms with Gasteiger partial charge in [-0.05, 0) is 19.1 Å². The highest BCUT2D eigenvalue weighted by Crippen LogP contribution is 2.03. The molecule has 1 aromatic rings. The first kappa shape index (κ1) is 13.0. The zero-order valence-corrected chi connectivity index (χ0v) is 9.58. The maximum Gasteiger partial charge on any atom is 0.530 e. The molecule has 0 aromatic heterocycles. The van der Waals surface area contributed by atoms with Crippen LogP contribution >= 0.6 is 0 Å². The van der Waals surface area contributed by atoms with E-state index in [1.54, 1.807) is 37.3 Å². The van der Waals surface area contributed by atoms with Crippen molar-refractivity contribution in [3.8, 4) is 0 Å². The Bertz CT molecular complexity index is 379. The second-order valence-corrected chi connectivity index (χ2v) is 2.96. The fourth-order valence-electron chi connectivity index (χ4n) is 1.01. The molecule has 0 bridgehead atoms. The van der Waals surface area contributed by atoms with Crippen molar-refractivity contribution in [2.75, 3.05) is 13.7 Å². The third kappa shape index (κ3) is 4.52. The van der Waals surface area contributed by atoms with E-state index in [4.69, 9.17) is 4.84 Å². The maximum absolute atomic E-state index is 11.5. The normalized spacial score (nSPS) is 9.82. The largest absolute Gasteiger partial charge is 0.530 e. The van der Waals surface area contributed by atoms with Gasteiger partial charge >= 0.3 is 12.1 Å². The lowest BCUT2D eigenvalue weighted by atomic mass is 10.2. The summed E-state index contributed by atoms with van der Waals surface area (Å²) in [6.45, 7) is 1.82. The van der Waals surface area contributed by atoms with Gasteiger partial charge in [0.1, 0.15) is 0 Å². The molecule has 0 N–H and O–H groups in total. The number of rotatable bonds is 4. The molecule has 0 radical (unpaired) electrons. The molecule has 0 saturated heterocycles. The third-order valence-corrected chi connectivity index (χ3v) is 1.69. The van der Waals surface area contributed by atoms with Gasteiger partial charge in [0.2, 0.25) is 0 Å². The summed E-state index contributed by atoms with van der Waals surface area (Å²) in [6, 6.07) is 8.34. The second kappa shape index (κ2) is 6.49. The number of carbonyl (C=O) groups excluding carboxylic acids is 2.